The summed E-state index contributed by atoms with van der Waals surface area (Å²) in [7, 11) is -3.79. The van der Waals surface area contributed by atoms with Crippen LogP contribution in [0, 0.1) is 13.8 Å². The summed E-state index contributed by atoms with van der Waals surface area (Å²) in [6, 6.07) is 3.08. The highest BCUT2D eigenvalue weighted by atomic mass is 35.5. The molecule has 0 aliphatic rings. The molecule has 2 N–H and O–H groups in total. The lowest BCUT2D eigenvalue weighted by Gasteiger charge is -2.13. The fourth-order valence-electron chi connectivity index (χ4n) is 2.16. The third-order valence-electron chi connectivity index (χ3n) is 3.10. The third kappa shape index (κ3) is 3.32. The molecule has 0 amide bonds. The van der Waals surface area contributed by atoms with Gasteiger partial charge in [0.1, 0.15) is 16.4 Å². The predicted molar refractivity (Wildman–Crippen MR) is 82.2 cm³/mol. The first-order chi connectivity index (χ1) is 9.76. The first-order valence-electron chi connectivity index (χ1n) is 6.23. The summed E-state index contributed by atoms with van der Waals surface area (Å²) >= 11 is 7.18. The van der Waals surface area contributed by atoms with Crippen molar-refractivity contribution in [1.29, 1.82) is 0 Å². The summed E-state index contributed by atoms with van der Waals surface area (Å²) in [4.78, 5) is 0.823. The molecular formula is C13H16ClNO4S2. The van der Waals surface area contributed by atoms with Crippen molar-refractivity contribution in [3.63, 3.8) is 0 Å². The minimum Gasteiger partial charge on any atom is -0.465 e. The Bertz CT molecular complexity index is 748. The Balaban J connectivity index is 2.35. The molecule has 2 aromatic heterocycles. The van der Waals surface area contributed by atoms with Crippen LogP contribution in [0.5, 0.6) is 0 Å². The number of hydrogen-bond donors (Lipinski definition) is 2. The molecule has 8 heteroatoms. The maximum atomic E-state index is 12.5. The van der Waals surface area contributed by atoms with Gasteiger partial charge in [-0.05, 0) is 32.9 Å². The van der Waals surface area contributed by atoms with Gasteiger partial charge in [-0.3, -0.25) is 0 Å². The SMILES string of the molecule is Cc1oc(C)c(S(=O)(=O)NC(C)c2ccc(Cl)s2)c1CO. The Morgan fingerprint density at radius 3 is 2.57 bits per heavy atom. The van der Waals surface area contributed by atoms with E-state index in [4.69, 9.17) is 16.0 Å². The highest BCUT2D eigenvalue weighted by molar-refractivity contribution is 7.89. The Kier molecular flexibility index (Phi) is 4.79. The van der Waals surface area contributed by atoms with Crippen molar-refractivity contribution in [2.75, 3.05) is 0 Å². The van der Waals surface area contributed by atoms with Gasteiger partial charge in [0.15, 0.2) is 0 Å². The molecule has 0 saturated heterocycles. The van der Waals surface area contributed by atoms with Crippen LogP contribution in [-0.4, -0.2) is 13.5 Å². The number of nitrogens with one attached hydrogen (secondary N) is 1. The smallest absolute Gasteiger partial charge is 0.244 e. The first-order valence-corrected chi connectivity index (χ1v) is 8.91. The van der Waals surface area contributed by atoms with Crippen LogP contribution in [0.25, 0.3) is 0 Å². The van der Waals surface area contributed by atoms with E-state index in [1.54, 1.807) is 32.9 Å². The standard InChI is InChI=1S/C13H16ClNO4S2/c1-7(11-4-5-12(14)20-11)15-21(17,18)13-9(3)19-8(2)10(13)6-16/h4-5,7,15-16H,6H2,1-3H3. The van der Waals surface area contributed by atoms with Gasteiger partial charge in [0.2, 0.25) is 10.0 Å². The van der Waals surface area contributed by atoms with E-state index in [9.17, 15) is 13.5 Å². The molecule has 0 bridgehead atoms. The van der Waals surface area contributed by atoms with Crippen LogP contribution in [-0.2, 0) is 16.6 Å². The van der Waals surface area contributed by atoms with Crippen LogP contribution < -0.4 is 4.72 Å². The lowest BCUT2D eigenvalue weighted by Crippen LogP contribution is -2.27. The highest BCUT2D eigenvalue weighted by Gasteiger charge is 2.28. The van der Waals surface area contributed by atoms with Gasteiger partial charge in [-0.15, -0.1) is 11.3 Å². The van der Waals surface area contributed by atoms with Crippen LogP contribution in [0.2, 0.25) is 4.34 Å². The van der Waals surface area contributed by atoms with Crippen molar-refractivity contribution in [3.8, 4) is 0 Å². The fraction of sp³-hybridized carbons (Fsp3) is 0.385. The molecule has 0 aliphatic carbocycles. The van der Waals surface area contributed by atoms with Gasteiger partial charge in [-0.25, -0.2) is 13.1 Å². The summed E-state index contributed by atoms with van der Waals surface area (Å²) in [5, 5.41) is 9.36. The molecule has 0 spiro atoms. The quantitative estimate of drug-likeness (QED) is 0.869. The zero-order valence-corrected chi connectivity index (χ0v) is 14.2. The van der Waals surface area contributed by atoms with E-state index in [1.807, 2.05) is 0 Å². The number of rotatable bonds is 5. The van der Waals surface area contributed by atoms with E-state index in [0.29, 0.717) is 10.1 Å². The van der Waals surface area contributed by atoms with Crippen molar-refractivity contribution in [2.24, 2.45) is 0 Å². The molecule has 21 heavy (non-hydrogen) atoms. The minimum atomic E-state index is -3.79. The largest absolute Gasteiger partial charge is 0.465 e. The van der Waals surface area contributed by atoms with E-state index in [2.05, 4.69) is 4.72 Å². The Morgan fingerprint density at radius 1 is 1.38 bits per heavy atom. The molecule has 2 aromatic rings. The van der Waals surface area contributed by atoms with Crippen molar-refractivity contribution in [3.05, 3.63) is 38.4 Å². The van der Waals surface area contributed by atoms with Gasteiger partial charge in [0, 0.05) is 10.4 Å². The van der Waals surface area contributed by atoms with Crippen LogP contribution in [0.15, 0.2) is 21.4 Å². The van der Waals surface area contributed by atoms with Crippen molar-refractivity contribution >= 4 is 33.0 Å². The average molecular weight is 350 g/mol. The first kappa shape index (κ1) is 16.5. The molecule has 0 aromatic carbocycles. The zero-order chi connectivity index (χ0) is 15.8. The van der Waals surface area contributed by atoms with E-state index in [1.165, 1.54) is 11.3 Å². The third-order valence-corrected chi connectivity index (χ3v) is 6.25. The van der Waals surface area contributed by atoms with Crippen LogP contribution in [0.3, 0.4) is 0 Å². The number of thiophene rings is 1. The minimum absolute atomic E-state index is 0.0111. The van der Waals surface area contributed by atoms with Crippen LogP contribution in [0.1, 0.15) is 34.9 Å². The van der Waals surface area contributed by atoms with Gasteiger partial charge in [0.05, 0.1) is 17.0 Å². The van der Waals surface area contributed by atoms with Gasteiger partial charge in [-0.1, -0.05) is 11.6 Å². The maximum absolute atomic E-state index is 12.5. The Hall–Kier alpha value is -0.860. The molecule has 1 atom stereocenters. The number of sulfonamides is 1. The topological polar surface area (TPSA) is 79.5 Å². The number of aliphatic hydroxyl groups is 1. The summed E-state index contributed by atoms with van der Waals surface area (Å²) in [6.45, 7) is 4.53. The number of halogens is 1. The summed E-state index contributed by atoms with van der Waals surface area (Å²) in [6.07, 6.45) is 0. The van der Waals surface area contributed by atoms with E-state index >= 15 is 0 Å². The van der Waals surface area contributed by atoms with Crippen molar-refractivity contribution in [2.45, 2.75) is 38.3 Å². The van der Waals surface area contributed by atoms with E-state index in [0.717, 1.165) is 4.88 Å². The molecular weight excluding hydrogens is 334 g/mol. The number of furan rings is 1. The molecule has 0 radical (unpaired) electrons. The van der Waals surface area contributed by atoms with Crippen molar-refractivity contribution in [1.82, 2.24) is 4.72 Å². The van der Waals surface area contributed by atoms with E-state index < -0.39 is 22.7 Å². The fourth-order valence-corrected chi connectivity index (χ4v) is 4.96. The molecule has 0 aliphatic heterocycles. The molecule has 2 heterocycles. The second-order valence-corrected chi connectivity index (χ2v) is 8.06. The second-order valence-electron chi connectivity index (χ2n) is 4.67. The predicted octanol–water partition coefficient (Wildman–Crippen LogP) is 3.14. The van der Waals surface area contributed by atoms with Crippen LogP contribution in [0.4, 0.5) is 0 Å². The second kappa shape index (κ2) is 6.10. The summed E-state index contributed by atoms with van der Waals surface area (Å²) < 4.78 is 33.6. The zero-order valence-electron chi connectivity index (χ0n) is 11.8. The van der Waals surface area contributed by atoms with Gasteiger partial charge >= 0.3 is 0 Å². The molecule has 2 rings (SSSR count). The Morgan fingerprint density at radius 2 is 2.05 bits per heavy atom. The highest BCUT2D eigenvalue weighted by Crippen LogP contribution is 2.30. The molecule has 0 fully saturated rings. The molecule has 1 unspecified atom stereocenters. The van der Waals surface area contributed by atoms with Gasteiger partial charge < -0.3 is 9.52 Å². The monoisotopic (exact) mass is 349 g/mol. The number of aliphatic hydroxyl groups excluding tert-OH is 1. The normalized spacial score (nSPS) is 13.6. The maximum Gasteiger partial charge on any atom is 0.244 e. The van der Waals surface area contributed by atoms with Crippen LogP contribution >= 0.6 is 22.9 Å². The molecule has 5 nitrogen and oxygen atoms in total. The number of hydrogen-bond acceptors (Lipinski definition) is 5. The lowest BCUT2D eigenvalue weighted by atomic mass is 10.2. The Labute approximate surface area is 132 Å². The van der Waals surface area contributed by atoms with E-state index in [-0.39, 0.29) is 16.2 Å². The number of aryl methyl sites for hydroxylation is 2. The average Bonchev–Trinajstić information content (AvgIpc) is 2.92. The molecule has 116 valence electrons. The summed E-state index contributed by atoms with van der Waals surface area (Å²) in [5.41, 5.74) is 0.288. The molecule has 0 saturated carbocycles. The van der Waals surface area contributed by atoms with Crippen molar-refractivity contribution < 1.29 is 17.9 Å². The van der Waals surface area contributed by atoms with Gasteiger partial charge in [-0.2, -0.15) is 0 Å². The van der Waals surface area contributed by atoms with Gasteiger partial charge in [0.25, 0.3) is 0 Å². The lowest BCUT2D eigenvalue weighted by molar-refractivity contribution is 0.276. The summed E-state index contributed by atoms with van der Waals surface area (Å²) in [5.74, 6) is 0.669.